The van der Waals surface area contributed by atoms with Crippen LogP contribution < -0.4 is 5.32 Å². The molecule has 49 heavy (non-hydrogen) atoms. The molecule has 0 saturated heterocycles. The summed E-state index contributed by atoms with van der Waals surface area (Å²) in [5.74, 6) is 0.853. The van der Waals surface area contributed by atoms with E-state index in [1.165, 1.54) is 31.7 Å². The van der Waals surface area contributed by atoms with Crippen molar-refractivity contribution in [2.45, 2.75) is 0 Å². The van der Waals surface area contributed by atoms with E-state index in [1.54, 1.807) is 0 Å². The summed E-state index contributed by atoms with van der Waals surface area (Å²) in [5.41, 5.74) is 10.4. The van der Waals surface area contributed by atoms with E-state index < -0.39 is 0 Å². The first-order chi connectivity index (χ1) is 24.2. The second-order valence-electron chi connectivity index (χ2n) is 11.8. The van der Waals surface area contributed by atoms with Gasteiger partial charge in [0.1, 0.15) is 5.84 Å². The SMILES string of the molecule is CN/C(=N\C(=N)c1ccccc1)c1cccc(-c2ccc3c(c2)nc(-c2ccccc2)c2c(-c4ccccc4)c(-c4ccccc4)sc23)c1. The van der Waals surface area contributed by atoms with Gasteiger partial charge in [0, 0.05) is 49.7 Å². The average Bonchev–Trinajstić information content (AvgIpc) is 3.59. The maximum atomic E-state index is 8.57. The largest absolute Gasteiger partial charge is 0.373 e. The van der Waals surface area contributed by atoms with Gasteiger partial charge in [-0.1, -0.05) is 152 Å². The lowest BCUT2D eigenvalue weighted by molar-refractivity contribution is 1.16. The van der Waals surface area contributed by atoms with E-state index in [0.29, 0.717) is 5.84 Å². The predicted octanol–water partition coefficient (Wildman–Crippen LogP) is 11.1. The third kappa shape index (κ3) is 5.81. The highest BCUT2D eigenvalue weighted by Crippen LogP contribution is 2.50. The number of hydrogen-bond acceptors (Lipinski definition) is 3. The molecule has 0 saturated carbocycles. The molecule has 234 valence electrons. The van der Waals surface area contributed by atoms with Crippen LogP contribution in [0.1, 0.15) is 11.1 Å². The summed E-state index contributed by atoms with van der Waals surface area (Å²) in [6.45, 7) is 0. The topological polar surface area (TPSA) is 61.1 Å². The number of pyridine rings is 1. The zero-order valence-corrected chi connectivity index (χ0v) is 27.7. The van der Waals surface area contributed by atoms with E-state index in [2.05, 4.69) is 132 Å². The lowest BCUT2D eigenvalue weighted by Gasteiger charge is -2.12. The summed E-state index contributed by atoms with van der Waals surface area (Å²) in [7, 11) is 1.84. The zero-order chi connectivity index (χ0) is 33.2. The molecular weight excluding hydrogens is 617 g/mol. The Morgan fingerprint density at radius 1 is 0.592 bits per heavy atom. The highest BCUT2D eigenvalue weighted by atomic mass is 32.1. The van der Waals surface area contributed by atoms with Crippen LogP contribution in [-0.2, 0) is 0 Å². The lowest BCUT2D eigenvalue weighted by Crippen LogP contribution is -2.21. The van der Waals surface area contributed by atoms with Gasteiger partial charge in [-0.15, -0.1) is 11.3 Å². The molecule has 0 atom stereocenters. The van der Waals surface area contributed by atoms with E-state index in [1.807, 2.05) is 60.8 Å². The van der Waals surface area contributed by atoms with Gasteiger partial charge in [0.15, 0.2) is 5.84 Å². The van der Waals surface area contributed by atoms with Gasteiger partial charge in [-0.05, 0) is 34.4 Å². The van der Waals surface area contributed by atoms with E-state index in [0.717, 1.165) is 44.4 Å². The molecule has 0 unspecified atom stereocenters. The molecule has 4 nitrogen and oxygen atoms in total. The number of amidine groups is 2. The zero-order valence-electron chi connectivity index (χ0n) is 26.9. The van der Waals surface area contributed by atoms with Gasteiger partial charge in [0.25, 0.3) is 0 Å². The molecule has 0 aliphatic rings. The van der Waals surface area contributed by atoms with Crippen molar-refractivity contribution in [3.8, 4) is 44.0 Å². The van der Waals surface area contributed by atoms with Crippen LogP contribution in [-0.4, -0.2) is 23.7 Å². The van der Waals surface area contributed by atoms with Crippen LogP contribution in [0.5, 0.6) is 0 Å². The fourth-order valence-corrected chi connectivity index (χ4v) is 7.74. The summed E-state index contributed by atoms with van der Waals surface area (Å²) in [6, 6.07) is 56.4. The maximum Gasteiger partial charge on any atom is 0.154 e. The Morgan fingerprint density at radius 2 is 1.16 bits per heavy atom. The summed E-state index contributed by atoms with van der Waals surface area (Å²) in [5, 5.41) is 14.1. The van der Waals surface area contributed by atoms with E-state index >= 15 is 0 Å². The van der Waals surface area contributed by atoms with E-state index in [9.17, 15) is 0 Å². The smallest absolute Gasteiger partial charge is 0.154 e. The van der Waals surface area contributed by atoms with Crippen LogP contribution in [0.4, 0.5) is 0 Å². The van der Waals surface area contributed by atoms with Gasteiger partial charge in [-0.3, -0.25) is 5.41 Å². The lowest BCUT2D eigenvalue weighted by atomic mass is 9.94. The summed E-state index contributed by atoms with van der Waals surface area (Å²) in [4.78, 5) is 11.3. The minimum absolute atomic E-state index is 0.211. The van der Waals surface area contributed by atoms with Gasteiger partial charge in [-0.25, -0.2) is 9.98 Å². The van der Waals surface area contributed by atoms with Crippen molar-refractivity contribution in [2.24, 2.45) is 4.99 Å². The normalized spacial score (nSPS) is 11.6. The molecular formula is C44H32N4S. The third-order valence-electron chi connectivity index (χ3n) is 8.74. The maximum absolute atomic E-state index is 8.57. The number of aliphatic imine (C=N–C) groups is 1. The van der Waals surface area contributed by atoms with Crippen LogP contribution in [0.25, 0.3) is 64.9 Å². The fraction of sp³-hybridized carbons (Fsp3) is 0.0227. The summed E-state index contributed by atoms with van der Waals surface area (Å²) in [6.07, 6.45) is 0. The van der Waals surface area contributed by atoms with Crippen LogP contribution in [0.15, 0.2) is 169 Å². The molecule has 0 spiro atoms. The molecule has 0 aliphatic carbocycles. The number of nitrogens with zero attached hydrogens (tertiary/aromatic N) is 2. The molecule has 8 rings (SSSR count). The molecule has 0 fully saturated rings. The van der Waals surface area contributed by atoms with Gasteiger partial charge in [-0.2, -0.15) is 0 Å². The summed E-state index contributed by atoms with van der Waals surface area (Å²) >= 11 is 1.84. The Bertz CT molecular complexity index is 2470. The minimum Gasteiger partial charge on any atom is -0.373 e. The van der Waals surface area contributed by atoms with Crippen molar-refractivity contribution in [1.82, 2.24) is 10.3 Å². The van der Waals surface area contributed by atoms with Crippen molar-refractivity contribution >= 4 is 44.0 Å². The number of fused-ring (bicyclic) bond motifs is 3. The Labute approximate surface area is 289 Å². The average molecular weight is 649 g/mol. The highest BCUT2D eigenvalue weighted by molar-refractivity contribution is 7.24. The molecule has 0 aliphatic heterocycles. The Kier molecular flexibility index (Phi) is 8.10. The highest BCUT2D eigenvalue weighted by Gasteiger charge is 2.22. The van der Waals surface area contributed by atoms with Crippen LogP contribution in [0.3, 0.4) is 0 Å². The Morgan fingerprint density at radius 3 is 1.84 bits per heavy atom. The van der Waals surface area contributed by atoms with E-state index in [4.69, 9.17) is 10.4 Å². The molecule has 8 aromatic rings. The third-order valence-corrected chi connectivity index (χ3v) is 10.0. The van der Waals surface area contributed by atoms with Gasteiger partial charge < -0.3 is 5.32 Å². The van der Waals surface area contributed by atoms with Crippen molar-refractivity contribution < 1.29 is 0 Å². The first-order valence-electron chi connectivity index (χ1n) is 16.3. The quantitative estimate of drug-likeness (QED) is 0.139. The van der Waals surface area contributed by atoms with Crippen molar-refractivity contribution in [3.63, 3.8) is 0 Å². The molecule has 5 heteroatoms. The Hall–Kier alpha value is -6.17. The standard InChI is InChI=1S/C44H32N4S/c1-46-44(48-43(45)32-21-12-5-13-22-32)35-24-14-23-33(27-35)34-25-26-36-37(28-34)47-40(30-17-8-3-9-18-30)39-38(29-15-6-2-7-16-29)41(49-42(36)39)31-19-10-4-11-20-31/h2-28H,1H3,(H2,45,46,48). The number of nitrogens with one attached hydrogen (secondary N) is 2. The van der Waals surface area contributed by atoms with Gasteiger partial charge in [0.2, 0.25) is 0 Å². The minimum atomic E-state index is 0.211. The first kappa shape index (κ1) is 30.2. The van der Waals surface area contributed by atoms with Gasteiger partial charge >= 0.3 is 0 Å². The number of hydrogen-bond donors (Lipinski definition) is 2. The molecule has 0 amide bonds. The molecule has 2 heterocycles. The van der Waals surface area contributed by atoms with Crippen molar-refractivity contribution in [3.05, 3.63) is 175 Å². The van der Waals surface area contributed by atoms with Crippen molar-refractivity contribution in [2.75, 3.05) is 7.05 Å². The van der Waals surface area contributed by atoms with Crippen LogP contribution >= 0.6 is 11.3 Å². The molecule has 0 bridgehead atoms. The van der Waals surface area contributed by atoms with Gasteiger partial charge in [0.05, 0.1) is 11.2 Å². The monoisotopic (exact) mass is 648 g/mol. The number of benzene rings is 6. The molecule has 0 radical (unpaired) electrons. The molecule has 2 aromatic heterocycles. The number of rotatable bonds is 6. The molecule has 6 aromatic carbocycles. The second kappa shape index (κ2) is 13.1. The van der Waals surface area contributed by atoms with Crippen molar-refractivity contribution in [1.29, 1.82) is 5.41 Å². The molecule has 2 N–H and O–H groups in total. The number of thiophene rings is 1. The van der Waals surface area contributed by atoms with Crippen LogP contribution in [0, 0.1) is 5.41 Å². The second-order valence-corrected chi connectivity index (χ2v) is 12.8. The Balaban J connectivity index is 1.32. The van der Waals surface area contributed by atoms with Crippen LogP contribution in [0.2, 0.25) is 0 Å². The fourth-order valence-electron chi connectivity index (χ4n) is 6.38. The first-order valence-corrected chi connectivity index (χ1v) is 17.1. The number of aromatic nitrogens is 1. The summed E-state index contributed by atoms with van der Waals surface area (Å²) < 4.78 is 1.23. The van der Waals surface area contributed by atoms with E-state index in [-0.39, 0.29) is 5.84 Å². The predicted molar refractivity (Wildman–Crippen MR) is 208 cm³/mol.